The monoisotopic (exact) mass is 441 g/mol. The van der Waals surface area contributed by atoms with Crippen molar-refractivity contribution >= 4 is 17.5 Å². The lowest BCUT2D eigenvalue weighted by Crippen LogP contribution is -2.34. The largest absolute Gasteiger partial charge is 0.493 e. The molecule has 0 spiro atoms. The van der Waals surface area contributed by atoms with Crippen molar-refractivity contribution in [1.29, 1.82) is 0 Å². The zero-order valence-corrected chi connectivity index (χ0v) is 18.4. The summed E-state index contributed by atoms with van der Waals surface area (Å²) in [4.78, 5) is 29.6. The van der Waals surface area contributed by atoms with Gasteiger partial charge in [-0.15, -0.1) is 0 Å². The van der Waals surface area contributed by atoms with Gasteiger partial charge in [0.25, 0.3) is 5.56 Å². The van der Waals surface area contributed by atoms with Gasteiger partial charge in [-0.3, -0.25) is 14.2 Å². The van der Waals surface area contributed by atoms with Crippen molar-refractivity contribution in [3.05, 3.63) is 75.2 Å². The fourth-order valence-electron chi connectivity index (χ4n) is 3.20. The van der Waals surface area contributed by atoms with Crippen LogP contribution in [-0.4, -0.2) is 36.2 Å². The van der Waals surface area contributed by atoms with Gasteiger partial charge in [-0.1, -0.05) is 29.8 Å². The van der Waals surface area contributed by atoms with Gasteiger partial charge in [-0.2, -0.15) is 0 Å². The van der Waals surface area contributed by atoms with E-state index < -0.39 is 0 Å². The van der Waals surface area contributed by atoms with Crippen molar-refractivity contribution < 1.29 is 14.3 Å². The molecule has 8 heteroatoms. The zero-order valence-electron chi connectivity index (χ0n) is 17.6. The van der Waals surface area contributed by atoms with Crippen LogP contribution in [0, 0.1) is 6.92 Å². The Morgan fingerprint density at radius 3 is 2.58 bits per heavy atom. The molecule has 3 aromatic rings. The molecule has 0 aliphatic heterocycles. The van der Waals surface area contributed by atoms with Crippen LogP contribution in [-0.2, 0) is 17.8 Å². The third kappa shape index (κ3) is 5.64. The summed E-state index contributed by atoms with van der Waals surface area (Å²) in [5.74, 6) is 1.41. The maximum atomic E-state index is 12.6. The average Bonchev–Trinajstić information content (AvgIpc) is 2.75. The summed E-state index contributed by atoms with van der Waals surface area (Å²) in [6.45, 7) is 2.01. The number of ether oxygens (including phenoxy) is 2. The van der Waals surface area contributed by atoms with Crippen LogP contribution in [0.2, 0.25) is 5.02 Å². The number of methoxy groups -OCH3 is 2. The summed E-state index contributed by atoms with van der Waals surface area (Å²) in [5.41, 5.74) is 1.95. The summed E-state index contributed by atoms with van der Waals surface area (Å²) in [6.07, 6.45) is 0.605. The van der Waals surface area contributed by atoms with E-state index in [1.54, 1.807) is 45.4 Å². The van der Waals surface area contributed by atoms with Crippen LogP contribution in [0.25, 0.3) is 11.4 Å². The first-order chi connectivity index (χ1) is 14.9. The summed E-state index contributed by atoms with van der Waals surface area (Å²) >= 11 is 6.09. The molecule has 0 aliphatic rings. The van der Waals surface area contributed by atoms with Crippen molar-refractivity contribution in [3.63, 3.8) is 0 Å². The number of halogens is 1. The Morgan fingerprint density at radius 1 is 1.10 bits per heavy atom. The Hall–Kier alpha value is -3.32. The number of aryl methyl sites for hydroxylation is 1. The molecular weight excluding hydrogens is 418 g/mol. The zero-order chi connectivity index (χ0) is 22.4. The number of nitrogens with one attached hydrogen (secondary N) is 1. The minimum atomic E-state index is -0.294. The third-order valence-electron chi connectivity index (χ3n) is 4.70. The first-order valence-electron chi connectivity index (χ1n) is 9.73. The van der Waals surface area contributed by atoms with E-state index in [-0.39, 0.29) is 18.0 Å². The Balaban J connectivity index is 1.70. The molecule has 1 amide bonds. The fraction of sp³-hybridized carbons (Fsp3) is 0.261. The molecule has 0 saturated carbocycles. The number of rotatable bonds is 8. The van der Waals surface area contributed by atoms with E-state index in [2.05, 4.69) is 10.3 Å². The smallest absolute Gasteiger partial charge is 0.254 e. The average molecular weight is 442 g/mol. The van der Waals surface area contributed by atoms with Gasteiger partial charge in [0.05, 0.1) is 14.2 Å². The Kier molecular flexibility index (Phi) is 7.31. The highest BCUT2D eigenvalue weighted by Crippen LogP contribution is 2.27. The van der Waals surface area contributed by atoms with E-state index in [1.807, 2.05) is 18.2 Å². The highest BCUT2D eigenvalue weighted by Gasteiger charge is 2.13. The number of amides is 1. The Labute approximate surface area is 185 Å². The minimum absolute atomic E-state index is 0.139. The highest BCUT2D eigenvalue weighted by molar-refractivity contribution is 6.30. The van der Waals surface area contributed by atoms with Crippen molar-refractivity contribution in [2.45, 2.75) is 19.9 Å². The molecule has 1 aromatic heterocycles. The molecule has 0 saturated heterocycles. The van der Waals surface area contributed by atoms with Crippen molar-refractivity contribution in [1.82, 2.24) is 14.9 Å². The number of hydrogen-bond acceptors (Lipinski definition) is 5. The summed E-state index contributed by atoms with van der Waals surface area (Å²) < 4.78 is 11.9. The van der Waals surface area contributed by atoms with Crippen LogP contribution in [0.15, 0.2) is 53.3 Å². The quantitative estimate of drug-likeness (QED) is 0.580. The number of benzene rings is 2. The maximum Gasteiger partial charge on any atom is 0.254 e. The second-order valence-electron chi connectivity index (χ2n) is 6.95. The summed E-state index contributed by atoms with van der Waals surface area (Å²) in [5, 5.41) is 3.38. The molecule has 162 valence electrons. The molecular formula is C23H24ClN3O4. The molecule has 2 aromatic carbocycles. The number of carbonyl (C=O) groups is 1. The van der Waals surface area contributed by atoms with E-state index in [1.165, 1.54) is 10.6 Å². The molecule has 7 nitrogen and oxygen atoms in total. The predicted octanol–water partition coefficient (Wildman–Crippen LogP) is 3.25. The maximum absolute atomic E-state index is 12.6. The van der Waals surface area contributed by atoms with Crippen molar-refractivity contribution in [2.24, 2.45) is 0 Å². The summed E-state index contributed by atoms with van der Waals surface area (Å²) in [7, 11) is 3.16. The lowest BCUT2D eigenvalue weighted by Gasteiger charge is -2.13. The van der Waals surface area contributed by atoms with Crippen LogP contribution < -0.4 is 20.3 Å². The normalized spacial score (nSPS) is 10.6. The second-order valence-corrected chi connectivity index (χ2v) is 7.38. The molecule has 0 fully saturated rings. The minimum Gasteiger partial charge on any atom is -0.493 e. The third-order valence-corrected chi connectivity index (χ3v) is 4.94. The number of aromatic nitrogens is 2. The molecule has 0 atom stereocenters. The SMILES string of the molecule is COc1ccc(CCNC(=O)Cn2c(-c3cccc(Cl)c3)nc(C)cc2=O)cc1OC. The van der Waals surface area contributed by atoms with Gasteiger partial charge in [0.2, 0.25) is 5.91 Å². The molecule has 0 radical (unpaired) electrons. The molecule has 3 rings (SSSR count). The van der Waals surface area contributed by atoms with Gasteiger partial charge in [-0.25, -0.2) is 4.98 Å². The topological polar surface area (TPSA) is 82.5 Å². The van der Waals surface area contributed by atoms with E-state index in [4.69, 9.17) is 21.1 Å². The molecule has 0 bridgehead atoms. The van der Waals surface area contributed by atoms with Crippen molar-refractivity contribution in [3.8, 4) is 22.9 Å². The molecule has 0 aliphatic carbocycles. The Morgan fingerprint density at radius 2 is 1.87 bits per heavy atom. The number of hydrogen-bond donors (Lipinski definition) is 1. The summed E-state index contributed by atoms with van der Waals surface area (Å²) in [6, 6.07) is 14.1. The lowest BCUT2D eigenvalue weighted by molar-refractivity contribution is -0.121. The molecule has 31 heavy (non-hydrogen) atoms. The number of nitrogens with zero attached hydrogens (tertiary/aromatic N) is 2. The van der Waals surface area contributed by atoms with Gasteiger partial charge in [0.15, 0.2) is 11.5 Å². The van der Waals surface area contributed by atoms with Gasteiger partial charge in [0, 0.05) is 28.9 Å². The van der Waals surface area contributed by atoms with Gasteiger partial charge >= 0.3 is 0 Å². The van der Waals surface area contributed by atoms with Gasteiger partial charge in [0.1, 0.15) is 12.4 Å². The van der Waals surface area contributed by atoms with Crippen LogP contribution in [0.5, 0.6) is 11.5 Å². The first kappa shape index (κ1) is 22.4. The van der Waals surface area contributed by atoms with Crippen LogP contribution in [0.3, 0.4) is 0 Å². The lowest BCUT2D eigenvalue weighted by atomic mass is 10.1. The van der Waals surface area contributed by atoms with Gasteiger partial charge < -0.3 is 14.8 Å². The van der Waals surface area contributed by atoms with E-state index in [0.717, 1.165) is 5.56 Å². The van der Waals surface area contributed by atoms with Gasteiger partial charge in [-0.05, 0) is 43.2 Å². The van der Waals surface area contributed by atoms with E-state index in [9.17, 15) is 9.59 Å². The predicted molar refractivity (Wildman–Crippen MR) is 120 cm³/mol. The van der Waals surface area contributed by atoms with Crippen molar-refractivity contribution in [2.75, 3.05) is 20.8 Å². The highest BCUT2D eigenvalue weighted by atomic mass is 35.5. The Bertz CT molecular complexity index is 1140. The van der Waals surface area contributed by atoms with Crippen LogP contribution in [0.4, 0.5) is 0 Å². The second kappa shape index (κ2) is 10.1. The van der Waals surface area contributed by atoms with E-state index in [0.29, 0.717) is 46.6 Å². The molecule has 1 N–H and O–H groups in total. The number of carbonyl (C=O) groups excluding carboxylic acids is 1. The standard InChI is InChI=1S/C23H24ClN3O4/c1-15-11-22(29)27(23(26-15)17-5-4-6-18(24)13-17)14-21(28)25-10-9-16-7-8-19(30-2)20(12-16)31-3/h4-8,11-13H,9-10,14H2,1-3H3,(H,25,28). The van der Waals surface area contributed by atoms with Crippen LogP contribution in [0.1, 0.15) is 11.3 Å². The fourth-order valence-corrected chi connectivity index (χ4v) is 3.39. The first-order valence-corrected chi connectivity index (χ1v) is 10.1. The van der Waals surface area contributed by atoms with E-state index >= 15 is 0 Å². The van der Waals surface area contributed by atoms with Crippen LogP contribution >= 0.6 is 11.6 Å². The molecule has 1 heterocycles. The molecule has 0 unspecified atom stereocenters.